The first-order chi connectivity index (χ1) is 10.0. The van der Waals surface area contributed by atoms with E-state index >= 15 is 0 Å². The van der Waals surface area contributed by atoms with Gasteiger partial charge in [-0.2, -0.15) is 0 Å². The SMILES string of the molecule is C=CC(F)C(C)C(=O)N1C(=O)OC[C@H]1Cc1ccccc1. The lowest BCUT2D eigenvalue weighted by Gasteiger charge is -2.23. The third-order valence-electron chi connectivity index (χ3n) is 3.60. The van der Waals surface area contributed by atoms with Crippen LogP contribution in [0.1, 0.15) is 12.5 Å². The Morgan fingerprint density at radius 2 is 2.19 bits per heavy atom. The average molecular weight is 291 g/mol. The van der Waals surface area contributed by atoms with Gasteiger partial charge in [-0.3, -0.25) is 4.79 Å². The van der Waals surface area contributed by atoms with Crippen LogP contribution in [0, 0.1) is 5.92 Å². The number of alkyl halides is 1. The molecule has 2 unspecified atom stereocenters. The molecule has 0 bridgehead atoms. The van der Waals surface area contributed by atoms with E-state index < -0.39 is 30.1 Å². The first kappa shape index (κ1) is 15.2. The highest BCUT2D eigenvalue weighted by atomic mass is 19.1. The second kappa shape index (κ2) is 6.52. The highest BCUT2D eigenvalue weighted by Gasteiger charge is 2.41. The Balaban J connectivity index is 2.13. The molecule has 112 valence electrons. The van der Waals surface area contributed by atoms with Gasteiger partial charge in [0.1, 0.15) is 12.8 Å². The van der Waals surface area contributed by atoms with Crippen molar-refractivity contribution in [3.8, 4) is 0 Å². The second-order valence-electron chi connectivity index (χ2n) is 5.10. The summed E-state index contributed by atoms with van der Waals surface area (Å²) in [4.78, 5) is 25.1. The quantitative estimate of drug-likeness (QED) is 0.784. The molecule has 4 nitrogen and oxygen atoms in total. The van der Waals surface area contributed by atoms with E-state index in [1.807, 2.05) is 30.3 Å². The van der Waals surface area contributed by atoms with E-state index in [1.54, 1.807) is 0 Å². The molecule has 1 aromatic rings. The molecule has 3 atom stereocenters. The maximum absolute atomic E-state index is 13.6. The molecule has 0 aliphatic carbocycles. The summed E-state index contributed by atoms with van der Waals surface area (Å²) >= 11 is 0. The predicted octanol–water partition coefficient (Wildman–Crippen LogP) is 2.74. The maximum Gasteiger partial charge on any atom is 0.416 e. The van der Waals surface area contributed by atoms with Crippen LogP contribution in [-0.4, -0.2) is 35.7 Å². The molecule has 0 aromatic heterocycles. The fourth-order valence-corrected chi connectivity index (χ4v) is 2.33. The van der Waals surface area contributed by atoms with Crippen LogP contribution in [0.4, 0.5) is 9.18 Å². The number of rotatable bonds is 5. The van der Waals surface area contributed by atoms with E-state index in [4.69, 9.17) is 4.74 Å². The number of carbonyl (C=O) groups excluding carboxylic acids is 2. The Bertz CT molecular complexity index is 532. The number of allylic oxidation sites excluding steroid dienone is 1. The summed E-state index contributed by atoms with van der Waals surface area (Å²) in [7, 11) is 0. The molecular weight excluding hydrogens is 273 g/mol. The van der Waals surface area contributed by atoms with Gasteiger partial charge in [0.05, 0.1) is 12.0 Å². The summed E-state index contributed by atoms with van der Waals surface area (Å²) in [5.74, 6) is -1.52. The summed E-state index contributed by atoms with van der Waals surface area (Å²) in [6, 6.07) is 9.09. The van der Waals surface area contributed by atoms with Crippen molar-refractivity contribution < 1.29 is 18.7 Å². The molecule has 1 aliphatic rings. The van der Waals surface area contributed by atoms with Crippen LogP contribution in [0.3, 0.4) is 0 Å². The van der Waals surface area contributed by atoms with Crippen molar-refractivity contribution in [1.29, 1.82) is 0 Å². The largest absolute Gasteiger partial charge is 0.447 e. The zero-order chi connectivity index (χ0) is 15.4. The summed E-state index contributed by atoms with van der Waals surface area (Å²) in [5, 5.41) is 0. The molecule has 0 radical (unpaired) electrons. The third-order valence-corrected chi connectivity index (χ3v) is 3.60. The smallest absolute Gasteiger partial charge is 0.416 e. The zero-order valence-electron chi connectivity index (χ0n) is 11.9. The standard InChI is InChI=1S/C16H18FNO3/c1-3-14(17)11(2)15(19)18-13(10-21-16(18)20)9-12-7-5-4-6-8-12/h3-8,11,13-14H,1,9-10H2,2H3/t11?,13-,14?/m1/s1. The molecule has 0 spiro atoms. The van der Waals surface area contributed by atoms with Crippen molar-refractivity contribution in [1.82, 2.24) is 4.90 Å². The van der Waals surface area contributed by atoms with Crippen LogP contribution < -0.4 is 0 Å². The topological polar surface area (TPSA) is 46.6 Å². The van der Waals surface area contributed by atoms with Crippen molar-refractivity contribution in [3.05, 3.63) is 48.6 Å². The fourth-order valence-electron chi connectivity index (χ4n) is 2.33. The summed E-state index contributed by atoms with van der Waals surface area (Å²) in [6.45, 7) is 4.92. The first-order valence-electron chi connectivity index (χ1n) is 6.85. The van der Waals surface area contributed by atoms with Gasteiger partial charge in [0, 0.05) is 0 Å². The number of benzene rings is 1. The average Bonchev–Trinajstić information content (AvgIpc) is 2.86. The van der Waals surface area contributed by atoms with E-state index in [9.17, 15) is 14.0 Å². The molecule has 1 fully saturated rings. The van der Waals surface area contributed by atoms with E-state index in [1.165, 1.54) is 6.92 Å². The number of ether oxygens (including phenoxy) is 1. The number of halogens is 1. The molecule has 1 saturated heterocycles. The summed E-state index contributed by atoms with van der Waals surface area (Å²) in [5.41, 5.74) is 0.992. The monoisotopic (exact) mass is 291 g/mol. The van der Waals surface area contributed by atoms with Crippen molar-refractivity contribution in [2.75, 3.05) is 6.61 Å². The van der Waals surface area contributed by atoms with Crippen molar-refractivity contribution >= 4 is 12.0 Å². The van der Waals surface area contributed by atoms with Crippen molar-refractivity contribution in [2.24, 2.45) is 5.92 Å². The van der Waals surface area contributed by atoms with Gasteiger partial charge in [0.25, 0.3) is 0 Å². The second-order valence-corrected chi connectivity index (χ2v) is 5.10. The number of hydrogen-bond donors (Lipinski definition) is 0. The van der Waals surface area contributed by atoms with Crippen molar-refractivity contribution in [3.63, 3.8) is 0 Å². The number of amides is 2. The number of carbonyl (C=O) groups is 2. The van der Waals surface area contributed by atoms with E-state index in [0.29, 0.717) is 6.42 Å². The highest BCUT2D eigenvalue weighted by molar-refractivity contribution is 5.95. The molecule has 5 heteroatoms. The van der Waals surface area contributed by atoms with E-state index in [2.05, 4.69) is 6.58 Å². The minimum absolute atomic E-state index is 0.136. The number of nitrogens with zero attached hydrogens (tertiary/aromatic N) is 1. The van der Waals surface area contributed by atoms with Gasteiger partial charge in [0.15, 0.2) is 0 Å². The predicted molar refractivity (Wildman–Crippen MR) is 76.4 cm³/mol. The Morgan fingerprint density at radius 1 is 1.52 bits per heavy atom. The lowest BCUT2D eigenvalue weighted by Crippen LogP contribution is -2.44. The zero-order valence-corrected chi connectivity index (χ0v) is 11.9. The van der Waals surface area contributed by atoms with Gasteiger partial charge in [-0.1, -0.05) is 43.3 Å². The van der Waals surface area contributed by atoms with Crippen LogP contribution >= 0.6 is 0 Å². The summed E-state index contributed by atoms with van der Waals surface area (Å²) < 4.78 is 18.5. The number of hydrogen-bond acceptors (Lipinski definition) is 3. The molecular formula is C16H18FNO3. The highest BCUT2D eigenvalue weighted by Crippen LogP contribution is 2.22. The minimum atomic E-state index is -1.48. The number of imide groups is 1. The molecule has 1 heterocycles. The maximum atomic E-state index is 13.6. The molecule has 1 aliphatic heterocycles. The Hall–Kier alpha value is -2.17. The van der Waals surface area contributed by atoms with Gasteiger partial charge in [-0.25, -0.2) is 14.1 Å². The normalized spacial score (nSPS) is 20.8. The fraction of sp³-hybridized carbons (Fsp3) is 0.375. The van der Waals surface area contributed by atoms with E-state index in [-0.39, 0.29) is 6.61 Å². The summed E-state index contributed by atoms with van der Waals surface area (Å²) in [6.07, 6.45) is -0.626. The molecule has 1 aromatic carbocycles. The minimum Gasteiger partial charge on any atom is -0.447 e. The van der Waals surface area contributed by atoms with Gasteiger partial charge < -0.3 is 4.74 Å². The Morgan fingerprint density at radius 3 is 2.81 bits per heavy atom. The van der Waals surface area contributed by atoms with Crippen LogP contribution in [-0.2, 0) is 16.0 Å². The molecule has 2 rings (SSSR count). The molecule has 2 amide bonds. The van der Waals surface area contributed by atoms with E-state index in [0.717, 1.165) is 16.5 Å². The first-order valence-corrected chi connectivity index (χ1v) is 6.85. The van der Waals surface area contributed by atoms with Crippen molar-refractivity contribution in [2.45, 2.75) is 25.6 Å². The van der Waals surface area contributed by atoms with Crippen LogP contribution in [0.5, 0.6) is 0 Å². The Labute approximate surface area is 123 Å². The lowest BCUT2D eigenvalue weighted by atomic mass is 10.0. The van der Waals surface area contributed by atoms with Gasteiger partial charge in [0.2, 0.25) is 5.91 Å². The Kier molecular flexibility index (Phi) is 4.73. The molecule has 0 N–H and O–H groups in total. The van der Waals surface area contributed by atoms with Crippen LogP contribution in [0.25, 0.3) is 0 Å². The van der Waals surface area contributed by atoms with Gasteiger partial charge in [-0.05, 0) is 12.0 Å². The van der Waals surface area contributed by atoms with Crippen LogP contribution in [0.2, 0.25) is 0 Å². The number of cyclic esters (lactones) is 1. The molecule has 0 saturated carbocycles. The van der Waals surface area contributed by atoms with Crippen LogP contribution in [0.15, 0.2) is 43.0 Å². The molecule has 21 heavy (non-hydrogen) atoms. The third kappa shape index (κ3) is 3.29. The van der Waals surface area contributed by atoms with Gasteiger partial charge >= 0.3 is 6.09 Å². The lowest BCUT2D eigenvalue weighted by molar-refractivity contribution is -0.134. The van der Waals surface area contributed by atoms with Gasteiger partial charge in [-0.15, -0.1) is 6.58 Å².